The van der Waals surface area contributed by atoms with Crippen LogP contribution in [-0.4, -0.2) is 19.7 Å². The van der Waals surface area contributed by atoms with Gasteiger partial charge < -0.3 is 10.5 Å². The molecule has 0 aliphatic heterocycles. The first-order valence-corrected chi connectivity index (χ1v) is 5.09. The Hall–Kier alpha value is -1.64. The number of para-hydroxylation sites is 1. The highest BCUT2D eigenvalue weighted by molar-refractivity contribution is 5.36. The van der Waals surface area contributed by atoms with Crippen LogP contribution in [0.3, 0.4) is 0 Å². The molecule has 0 aliphatic rings. The zero-order chi connectivity index (χ0) is 12.7. The molecule has 0 bridgehead atoms. The van der Waals surface area contributed by atoms with Crippen molar-refractivity contribution in [2.75, 3.05) is 13.1 Å². The molecule has 0 spiro atoms. The molecule has 1 rings (SSSR count). The van der Waals surface area contributed by atoms with Gasteiger partial charge in [0.1, 0.15) is 5.75 Å². The van der Waals surface area contributed by atoms with Crippen molar-refractivity contribution in [3.63, 3.8) is 0 Å². The molecular formula is C12H14F2N2O. The lowest BCUT2D eigenvalue weighted by atomic mass is 10.1. The fourth-order valence-corrected chi connectivity index (χ4v) is 1.47. The van der Waals surface area contributed by atoms with Crippen molar-refractivity contribution in [1.82, 2.24) is 5.32 Å². The van der Waals surface area contributed by atoms with Gasteiger partial charge in [0.05, 0.1) is 6.54 Å². The molecule has 5 heteroatoms. The highest BCUT2D eigenvalue weighted by atomic mass is 19.3. The maximum atomic E-state index is 12.2. The van der Waals surface area contributed by atoms with Crippen molar-refractivity contribution in [2.24, 2.45) is 5.73 Å². The van der Waals surface area contributed by atoms with E-state index in [0.29, 0.717) is 12.1 Å². The number of ether oxygens (including phenoxy) is 1. The highest BCUT2D eigenvalue weighted by Gasteiger charge is 2.15. The topological polar surface area (TPSA) is 47.3 Å². The number of halogens is 2. The molecule has 1 aromatic carbocycles. The molecule has 3 nitrogen and oxygen atoms in total. The maximum Gasteiger partial charge on any atom is 0.387 e. The lowest BCUT2D eigenvalue weighted by Gasteiger charge is -2.19. The quantitative estimate of drug-likeness (QED) is 0.741. The first-order chi connectivity index (χ1) is 8.19. The van der Waals surface area contributed by atoms with Gasteiger partial charge in [-0.05, 0) is 6.07 Å². The van der Waals surface area contributed by atoms with Gasteiger partial charge in [-0.15, -0.1) is 6.42 Å². The van der Waals surface area contributed by atoms with E-state index in [9.17, 15) is 8.78 Å². The summed E-state index contributed by atoms with van der Waals surface area (Å²) in [6.45, 7) is -2.31. The smallest absolute Gasteiger partial charge is 0.387 e. The third kappa shape index (κ3) is 4.02. The Morgan fingerprint density at radius 2 is 2.12 bits per heavy atom. The van der Waals surface area contributed by atoms with E-state index in [1.54, 1.807) is 18.2 Å². The first-order valence-electron chi connectivity index (χ1n) is 5.09. The van der Waals surface area contributed by atoms with Gasteiger partial charge in [-0.3, -0.25) is 5.32 Å². The van der Waals surface area contributed by atoms with E-state index in [2.05, 4.69) is 16.0 Å². The average molecular weight is 240 g/mol. The van der Waals surface area contributed by atoms with Crippen LogP contribution in [0.1, 0.15) is 11.6 Å². The van der Waals surface area contributed by atoms with Crippen LogP contribution in [0.5, 0.6) is 5.75 Å². The Bertz CT molecular complexity index is 390. The number of benzene rings is 1. The molecule has 92 valence electrons. The number of hydrogen-bond acceptors (Lipinski definition) is 3. The van der Waals surface area contributed by atoms with E-state index in [4.69, 9.17) is 12.2 Å². The Balaban J connectivity index is 2.89. The molecule has 0 aromatic heterocycles. The summed E-state index contributed by atoms with van der Waals surface area (Å²) in [4.78, 5) is 0. The zero-order valence-corrected chi connectivity index (χ0v) is 9.20. The molecule has 0 heterocycles. The summed E-state index contributed by atoms with van der Waals surface area (Å²) in [6, 6.07) is 6.20. The second kappa shape index (κ2) is 6.84. The van der Waals surface area contributed by atoms with E-state index < -0.39 is 6.61 Å². The minimum absolute atomic E-state index is 0.113. The molecule has 0 saturated heterocycles. The van der Waals surface area contributed by atoms with Gasteiger partial charge in [0, 0.05) is 18.2 Å². The molecule has 0 radical (unpaired) electrons. The largest absolute Gasteiger partial charge is 0.434 e. The number of alkyl halides is 2. The summed E-state index contributed by atoms with van der Waals surface area (Å²) in [5, 5.41) is 2.96. The van der Waals surface area contributed by atoms with Crippen molar-refractivity contribution in [3.8, 4) is 18.1 Å². The lowest BCUT2D eigenvalue weighted by Crippen LogP contribution is -2.29. The summed E-state index contributed by atoms with van der Waals surface area (Å²) in [7, 11) is 0. The summed E-state index contributed by atoms with van der Waals surface area (Å²) in [5.41, 5.74) is 6.15. The summed E-state index contributed by atoms with van der Waals surface area (Å²) < 4.78 is 28.9. The second-order valence-electron chi connectivity index (χ2n) is 3.29. The predicted octanol–water partition coefficient (Wildman–Crippen LogP) is 1.51. The standard InChI is InChI=1S/C12H14F2N2O/c1-2-7-16-10(8-15)9-5-3-4-6-11(9)17-12(13)14/h1,3-6,10,12,16H,7-8,15H2. The van der Waals surface area contributed by atoms with E-state index in [1.165, 1.54) is 6.07 Å². The van der Waals surface area contributed by atoms with Gasteiger partial charge in [-0.2, -0.15) is 8.78 Å². The number of nitrogens with one attached hydrogen (secondary N) is 1. The summed E-state index contributed by atoms with van der Waals surface area (Å²) in [6.07, 6.45) is 5.12. The normalized spacial score (nSPS) is 12.2. The van der Waals surface area contributed by atoms with Gasteiger partial charge >= 0.3 is 6.61 Å². The maximum absolute atomic E-state index is 12.2. The Morgan fingerprint density at radius 3 is 2.71 bits per heavy atom. The monoisotopic (exact) mass is 240 g/mol. The van der Waals surface area contributed by atoms with Crippen LogP contribution < -0.4 is 15.8 Å². The molecule has 1 aromatic rings. The van der Waals surface area contributed by atoms with Crippen LogP contribution in [0.4, 0.5) is 8.78 Å². The van der Waals surface area contributed by atoms with Crippen LogP contribution in [0.2, 0.25) is 0 Å². The fourth-order valence-electron chi connectivity index (χ4n) is 1.47. The molecule has 0 amide bonds. The SMILES string of the molecule is C#CCNC(CN)c1ccccc1OC(F)F. The van der Waals surface area contributed by atoms with Gasteiger partial charge in [0.2, 0.25) is 0 Å². The Morgan fingerprint density at radius 1 is 1.41 bits per heavy atom. The molecule has 1 unspecified atom stereocenters. The van der Waals surface area contributed by atoms with Gasteiger partial charge in [-0.1, -0.05) is 24.1 Å². The van der Waals surface area contributed by atoms with Crippen molar-refractivity contribution in [1.29, 1.82) is 0 Å². The van der Waals surface area contributed by atoms with Gasteiger partial charge in [0.15, 0.2) is 0 Å². The van der Waals surface area contributed by atoms with Crippen LogP contribution >= 0.6 is 0 Å². The molecule has 3 N–H and O–H groups in total. The number of nitrogens with two attached hydrogens (primary N) is 1. The second-order valence-corrected chi connectivity index (χ2v) is 3.29. The zero-order valence-electron chi connectivity index (χ0n) is 9.20. The minimum atomic E-state index is -2.86. The molecule has 0 saturated carbocycles. The van der Waals surface area contributed by atoms with Crippen molar-refractivity contribution < 1.29 is 13.5 Å². The molecule has 0 aliphatic carbocycles. The molecular weight excluding hydrogens is 226 g/mol. The number of terminal acetylenes is 1. The molecule has 17 heavy (non-hydrogen) atoms. The molecule has 1 atom stereocenters. The fraction of sp³-hybridized carbons (Fsp3) is 0.333. The van der Waals surface area contributed by atoms with E-state index in [1.807, 2.05) is 0 Å². The van der Waals surface area contributed by atoms with Crippen molar-refractivity contribution in [3.05, 3.63) is 29.8 Å². The van der Waals surface area contributed by atoms with E-state index in [0.717, 1.165) is 0 Å². The third-order valence-corrected chi connectivity index (χ3v) is 2.20. The third-order valence-electron chi connectivity index (χ3n) is 2.20. The van der Waals surface area contributed by atoms with Gasteiger partial charge in [0.25, 0.3) is 0 Å². The lowest BCUT2D eigenvalue weighted by molar-refractivity contribution is -0.0506. The Kier molecular flexibility index (Phi) is 5.40. The minimum Gasteiger partial charge on any atom is -0.434 e. The van der Waals surface area contributed by atoms with Crippen LogP contribution in [0.15, 0.2) is 24.3 Å². The van der Waals surface area contributed by atoms with Crippen molar-refractivity contribution in [2.45, 2.75) is 12.7 Å². The predicted molar refractivity (Wildman–Crippen MR) is 61.7 cm³/mol. The van der Waals surface area contributed by atoms with Crippen molar-refractivity contribution >= 4 is 0 Å². The van der Waals surface area contributed by atoms with Crippen LogP contribution in [0.25, 0.3) is 0 Å². The molecule has 0 fully saturated rings. The summed E-state index contributed by atoms with van der Waals surface area (Å²) >= 11 is 0. The highest BCUT2D eigenvalue weighted by Crippen LogP contribution is 2.25. The first kappa shape index (κ1) is 13.4. The summed E-state index contributed by atoms with van der Waals surface area (Å²) in [5.74, 6) is 2.52. The van der Waals surface area contributed by atoms with E-state index in [-0.39, 0.29) is 18.3 Å². The van der Waals surface area contributed by atoms with E-state index >= 15 is 0 Å². The van der Waals surface area contributed by atoms with Gasteiger partial charge in [-0.25, -0.2) is 0 Å². The number of rotatable bonds is 6. The number of hydrogen-bond donors (Lipinski definition) is 2. The van der Waals surface area contributed by atoms with Crippen LogP contribution in [0, 0.1) is 12.3 Å². The average Bonchev–Trinajstić information content (AvgIpc) is 2.31. The van der Waals surface area contributed by atoms with Crippen LogP contribution in [-0.2, 0) is 0 Å². The Labute approximate surface area is 99.0 Å².